The minimum absolute atomic E-state index is 0.168. The number of aliphatic hydroxyl groups is 3. The second-order valence-corrected chi connectivity index (χ2v) is 10.9. The van der Waals surface area contributed by atoms with Crippen LogP contribution in [0.5, 0.6) is 0 Å². The Morgan fingerprint density at radius 1 is 1.09 bits per heavy atom. The number of esters is 1. The number of carbonyl (C=O) groups excluding carboxylic acids is 4. The molecule has 2 heterocycles. The molecule has 2 saturated heterocycles. The Kier molecular flexibility index (Phi) is 12.7. The van der Waals surface area contributed by atoms with Crippen molar-refractivity contribution >= 4 is 45.2 Å². The molecule has 0 aromatic carbocycles. The van der Waals surface area contributed by atoms with Crippen LogP contribution < -0.4 is 5.32 Å². The van der Waals surface area contributed by atoms with Gasteiger partial charge in [-0.2, -0.15) is 0 Å². The Bertz CT molecular complexity index is 695. The van der Waals surface area contributed by atoms with Crippen molar-refractivity contribution in [3.63, 3.8) is 0 Å². The summed E-state index contributed by atoms with van der Waals surface area (Å²) in [6.07, 6.45) is -4.00. The molecule has 4 N–H and O–H groups in total. The van der Waals surface area contributed by atoms with Crippen molar-refractivity contribution in [2.24, 2.45) is 5.92 Å². The Hall–Kier alpha value is -1.34. The van der Waals surface area contributed by atoms with Crippen molar-refractivity contribution < 1.29 is 39.2 Å². The Morgan fingerprint density at radius 2 is 1.73 bits per heavy atom. The van der Waals surface area contributed by atoms with E-state index in [1.165, 1.54) is 0 Å². The number of aliphatic hydroxyl groups excluding tert-OH is 3. The average molecular weight is 509 g/mol. The lowest BCUT2D eigenvalue weighted by atomic mass is 9.92. The third kappa shape index (κ3) is 8.13. The van der Waals surface area contributed by atoms with Gasteiger partial charge in [0.05, 0.1) is 12.0 Å². The smallest absolute Gasteiger partial charge is 0.314 e. The van der Waals surface area contributed by atoms with Crippen LogP contribution >= 0.6 is 21.6 Å². The van der Waals surface area contributed by atoms with Gasteiger partial charge in [-0.05, 0) is 19.8 Å². The molecule has 0 bridgehead atoms. The predicted octanol–water partition coefficient (Wildman–Crippen LogP) is 0.471. The first kappa shape index (κ1) is 29.7. The van der Waals surface area contributed by atoms with Crippen molar-refractivity contribution in [1.29, 1.82) is 0 Å². The average Bonchev–Trinajstić information content (AvgIpc) is 3.09. The number of rotatable bonds is 11. The van der Waals surface area contributed by atoms with E-state index in [1.807, 2.05) is 20.8 Å². The molecule has 0 saturated carbocycles. The minimum Gasteiger partial charge on any atom is -0.463 e. The van der Waals surface area contributed by atoms with Crippen molar-refractivity contribution in [2.45, 2.75) is 89.7 Å². The van der Waals surface area contributed by atoms with E-state index in [1.54, 1.807) is 35.4 Å². The molecule has 10 nitrogen and oxygen atoms in total. The van der Waals surface area contributed by atoms with E-state index in [9.17, 15) is 34.5 Å². The van der Waals surface area contributed by atoms with Gasteiger partial charge in [0.1, 0.15) is 36.9 Å². The van der Waals surface area contributed by atoms with Crippen LogP contribution in [0.2, 0.25) is 0 Å². The van der Waals surface area contributed by atoms with Gasteiger partial charge in [0.25, 0.3) is 0 Å². The summed E-state index contributed by atoms with van der Waals surface area (Å²) in [4.78, 5) is 48.0. The van der Waals surface area contributed by atoms with E-state index in [0.717, 1.165) is 11.3 Å². The molecular formula is C21H36N2O8S2. The number of hydrogen-bond donors (Lipinski definition) is 4. The fraction of sp³-hybridized carbons (Fsp3) is 0.810. The number of piperidine rings is 1. The van der Waals surface area contributed by atoms with Crippen molar-refractivity contribution in [3.05, 3.63) is 0 Å². The fourth-order valence-corrected chi connectivity index (χ4v) is 5.90. The maximum absolute atomic E-state index is 12.3. The highest BCUT2D eigenvalue weighted by Crippen LogP contribution is 2.31. The number of ether oxygens (including phenoxy) is 1. The van der Waals surface area contributed by atoms with Gasteiger partial charge in [-0.25, -0.2) is 0 Å². The highest BCUT2D eigenvalue weighted by molar-refractivity contribution is 8.76. The van der Waals surface area contributed by atoms with Gasteiger partial charge in [-0.15, -0.1) is 0 Å². The zero-order valence-electron chi connectivity index (χ0n) is 19.7. The van der Waals surface area contributed by atoms with Gasteiger partial charge in [-0.1, -0.05) is 49.3 Å². The highest BCUT2D eigenvalue weighted by atomic mass is 33.1. The van der Waals surface area contributed by atoms with Gasteiger partial charge in [0.15, 0.2) is 0 Å². The molecule has 2 rings (SSSR count). The number of amides is 2. The number of ketones is 1. The maximum Gasteiger partial charge on any atom is 0.314 e. The van der Waals surface area contributed by atoms with Gasteiger partial charge in [0.2, 0.25) is 0 Å². The van der Waals surface area contributed by atoms with Crippen LogP contribution in [0.15, 0.2) is 0 Å². The van der Waals surface area contributed by atoms with Crippen LogP contribution in [-0.2, 0) is 23.9 Å². The van der Waals surface area contributed by atoms with E-state index in [0.29, 0.717) is 23.8 Å². The van der Waals surface area contributed by atoms with Gasteiger partial charge in [0, 0.05) is 17.4 Å². The van der Waals surface area contributed by atoms with E-state index in [4.69, 9.17) is 4.74 Å². The van der Waals surface area contributed by atoms with Gasteiger partial charge < -0.3 is 35.1 Å². The number of carbonyl (C=O) groups is 4. The number of nitrogens with one attached hydrogen (secondary N) is 1. The van der Waals surface area contributed by atoms with Crippen LogP contribution in [0.1, 0.15) is 53.9 Å². The Morgan fingerprint density at radius 3 is 2.33 bits per heavy atom. The molecule has 0 aliphatic carbocycles. The van der Waals surface area contributed by atoms with Gasteiger partial charge >= 0.3 is 17.8 Å². The monoisotopic (exact) mass is 508 g/mol. The van der Waals surface area contributed by atoms with E-state index in [-0.39, 0.29) is 5.78 Å². The van der Waals surface area contributed by atoms with Crippen molar-refractivity contribution in [2.75, 3.05) is 12.4 Å². The lowest BCUT2D eigenvalue weighted by molar-refractivity contribution is -0.182. The summed E-state index contributed by atoms with van der Waals surface area (Å²) in [5.41, 5.74) is 0. The van der Waals surface area contributed by atoms with Crippen LogP contribution in [0, 0.1) is 5.92 Å². The molecule has 2 aliphatic heterocycles. The molecule has 2 amide bonds. The molecular weight excluding hydrogens is 472 g/mol. The molecule has 2 unspecified atom stereocenters. The van der Waals surface area contributed by atoms with E-state index < -0.39 is 60.8 Å². The third-order valence-corrected chi connectivity index (χ3v) is 8.35. The van der Waals surface area contributed by atoms with Crippen molar-refractivity contribution in [3.8, 4) is 0 Å². The summed E-state index contributed by atoms with van der Waals surface area (Å²) in [6, 6.07) is -1.15. The fourth-order valence-electron chi connectivity index (χ4n) is 3.35. The Labute approximate surface area is 202 Å². The summed E-state index contributed by atoms with van der Waals surface area (Å²) in [5.74, 6) is -2.00. The summed E-state index contributed by atoms with van der Waals surface area (Å²) >= 11 is 0. The van der Waals surface area contributed by atoms with E-state index >= 15 is 0 Å². The quantitative estimate of drug-likeness (QED) is 0.134. The molecule has 12 heteroatoms. The number of nitrogens with zero attached hydrogens (tertiary/aromatic N) is 1. The summed E-state index contributed by atoms with van der Waals surface area (Å²) in [7, 11) is 3.28. The maximum atomic E-state index is 12.3. The van der Waals surface area contributed by atoms with Crippen LogP contribution in [0.4, 0.5) is 0 Å². The minimum atomic E-state index is -1.60. The largest absolute Gasteiger partial charge is 0.463 e. The molecule has 0 aromatic heterocycles. The standard InChI is InChI=1S/C19H30N2O8S2.C2H6/c1-9(6-7-30-31-11(3)5-4-10(2)22)19(28)29-8-12-13(23)14(24)15(25)16-20-17(26)18(27)21(12)16;1-2/h9,11-16,23-25H,4-8H2,1-3H3,(H,20,26);1-2H3/t9?,11?,12-,13-,14+,15+,16+;/m1./s1. The molecule has 0 radical (unpaired) electrons. The first-order valence-electron chi connectivity index (χ1n) is 11.2. The summed E-state index contributed by atoms with van der Waals surface area (Å²) < 4.78 is 5.25. The lowest BCUT2D eigenvalue weighted by Crippen LogP contribution is -2.68. The normalized spacial score (nSPS) is 28.2. The first-order chi connectivity index (χ1) is 15.5. The number of fused-ring (bicyclic) bond motifs is 1. The molecule has 2 fully saturated rings. The van der Waals surface area contributed by atoms with Gasteiger partial charge in [-0.3, -0.25) is 14.4 Å². The summed E-state index contributed by atoms with van der Waals surface area (Å²) in [5, 5.41) is 32.9. The SMILES string of the molecule is CC.CC(=O)CCC(C)SSCCC(C)C(=O)OC[C@@H]1[C@@H](O)[C@H](O)[C@H](O)[C@H]2NC(=O)C(=O)N12. The van der Waals surface area contributed by atoms with Crippen molar-refractivity contribution in [1.82, 2.24) is 10.2 Å². The molecule has 7 atom stereocenters. The third-order valence-electron chi connectivity index (χ3n) is 5.35. The Balaban J connectivity index is 0.00000265. The van der Waals surface area contributed by atoms with E-state index in [2.05, 4.69) is 5.32 Å². The molecule has 0 spiro atoms. The lowest BCUT2D eigenvalue weighted by Gasteiger charge is -2.44. The second kappa shape index (κ2) is 14.1. The van der Waals surface area contributed by atoms with Crippen LogP contribution in [0.25, 0.3) is 0 Å². The molecule has 33 heavy (non-hydrogen) atoms. The first-order valence-corrected chi connectivity index (χ1v) is 13.5. The molecule has 2 aliphatic rings. The van der Waals surface area contributed by atoms with Crippen LogP contribution in [-0.4, -0.2) is 91.9 Å². The zero-order valence-corrected chi connectivity index (χ0v) is 21.4. The predicted molar refractivity (Wildman–Crippen MR) is 126 cm³/mol. The molecule has 0 aromatic rings. The zero-order chi connectivity index (χ0) is 25.3. The highest BCUT2D eigenvalue weighted by Gasteiger charge is 2.55. The topological polar surface area (TPSA) is 153 Å². The summed E-state index contributed by atoms with van der Waals surface area (Å²) in [6.45, 7) is 8.92. The van der Waals surface area contributed by atoms with Crippen LogP contribution in [0.3, 0.4) is 0 Å². The number of hydrogen-bond acceptors (Lipinski definition) is 10. The molecule has 190 valence electrons. The number of Topliss-reactive ketones (excluding diaryl/α,β-unsaturated/α-hetero) is 1. The second-order valence-electron chi connectivity index (χ2n) is 7.96.